The van der Waals surface area contributed by atoms with Crippen LogP contribution in [0.5, 0.6) is 5.75 Å². The molecule has 30 heavy (non-hydrogen) atoms. The van der Waals surface area contributed by atoms with Crippen LogP contribution in [0.15, 0.2) is 78.9 Å². The standard InChI is InChI=1S/C26H28N2O2/c1-19(2)28-25(27-23-16-8-6-14-21(23)26(28)29)22-15-7-9-17-24(22)30-18-10-13-20-11-4-3-5-12-20/h3-9,11-12,14-17,19,25,27H,10,13,18H2,1-2H3. The molecule has 4 heteroatoms. The Bertz CT molecular complexity index is 1000. The summed E-state index contributed by atoms with van der Waals surface area (Å²) in [6, 6.07) is 26.2. The maximum absolute atomic E-state index is 13.2. The van der Waals surface area contributed by atoms with Crippen molar-refractivity contribution < 1.29 is 9.53 Å². The maximum atomic E-state index is 13.2. The number of hydrogen-bond donors (Lipinski definition) is 1. The van der Waals surface area contributed by atoms with Gasteiger partial charge in [0.05, 0.1) is 12.2 Å². The van der Waals surface area contributed by atoms with E-state index in [4.69, 9.17) is 4.74 Å². The largest absolute Gasteiger partial charge is 0.493 e. The SMILES string of the molecule is CC(C)N1C(=O)c2ccccc2NC1c1ccccc1OCCCc1ccccc1. The molecule has 1 unspecified atom stereocenters. The zero-order valence-corrected chi connectivity index (χ0v) is 17.5. The van der Waals surface area contributed by atoms with Crippen LogP contribution < -0.4 is 10.1 Å². The number of para-hydroxylation sites is 2. The van der Waals surface area contributed by atoms with Crippen LogP contribution in [0.1, 0.15) is 47.9 Å². The second-order valence-corrected chi connectivity index (χ2v) is 7.87. The molecule has 0 spiro atoms. The quantitative estimate of drug-likeness (QED) is 0.519. The normalized spacial score (nSPS) is 15.6. The zero-order chi connectivity index (χ0) is 20.9. The van der Waals surface area contributed by atoms with Gasteiger partial charge in [0.1, 0.15) is 11.9 Å². The summed E-state index contributed by atoms with van der Waals surface area (Å²) in [5, 5.41) is 3.56. The Balaban J connectivity index is 1.54. The molecule has 0 fully saturated rings. The van der Waals surface area contributed by atoms with Crippen molar-refractivity contribution in [2.75, 3.05) is 11.9 Å². The van der Waals surface area contributed by atoms with E-state index >= 15 is 0 Å². The molecule has 0 radical (unpaired) electrons. The van der Waals surface area contributed by atoms with Crippen molar-refractivity contribution in [2.24, 2.45) is 0 Å². The van der Waals surface area contributed by atoms with Crippen LogP contribution in [0.3, 0.4) is 0 Å². The lowest BCUT2D eigenvalue weighted by atomic mass is 10.0. The van der Waals surface area contributed by atoms with E-state index in [0.29, 0.717) is 12.2 Å². The number of anilines is 1. The van der Waals surface area contributed by atoms with Gasteiger partial charge in [0.25, 0.3) is 5.91 Å². The summed E-state index contributed by atoms with van der Waals surface area (Å²) in [5.74, 6) is 0.865. The first kappa shape index (κ1) is 20.0. The maximum Gasteiger partial charge on any atom is 0.258 e. The highest BCUT2D eigenvalue weighted by Crippen LogP contribution is 2.37. The third kappa shape index (κ3) is 4.18. The van der Waals surface area contributed by atoms with E-state index in [-0.39, 0.29) is 18.1 Å². The van der Waals surface area contributed by atoms with Crippen molar-refractivity contribution >= 4 is 11.6 Å². The Kier molecular flexibility index (Phi) is 6.03. The van der Waals surface area contributed by atoms with Crippen LogP contribution in [0.2, 0.25) is 0 Å². The first-order valence-corrected chi connectivity index (χ1v) is 10.6. The lowest BCUT2D eigenvalue weighted by molar-refractivity contribution is 0.0614. The molecule has 1 aliphatic heterocycles. The Morgan fingerprint density at radius 3 is 2.43 bits per heavy atom. The number of nitrogens with one attached hydrogen (secondary N) is 1. The minimum absolute atomic E-state index is 0.0447. The predicted molar refractivity (Wildman–Crippen MR) is 121 cm³/mol. The summed E-state index contributed by atoms with van der Waals surface area (Å²) in [7, 11) is 0. The Morgan fingerprint density at radius 2 is 1.63 bits per heavy atom. The molecule has 1 atom stereocenters. The van der Waals surface area contributed by atoms with Gasteiger partial charge in [-0.3, -0.25) is 4.79 Å². The molecule has 3 aromatic rings. The number of benzene rings is 3. The van der Waals surface area contributed by atoms with Gasteiger partial charge in [0.15, 0.2) is 0 Å². The lowest BCUT2D eigenvalue weighted by Crippen LogP contribution is -2.46. The summed E-state index contributed by atoms with van der Waals surface area (Å²) < 4.78 is 6.19. The number of hydrogen-bond acceptors (Lipinski definition) is 3. The molecule has 1 heterocycles. The van der Waals surface area contributed by atoms with Crippen molar-refractivity contribution in [3.8, 4) is 5.75 Å². The smallest absolute Gasteiger partial charge is 0.258 e. The van der Waals surface area contributed by atoms with Crippen molar-refractivity contribution in [3.05, 3.63) is 95.6 Å². The fourth-order valence-corrected chi connectivity index (χ4v) is 3.97. The van der Waals surface area contributed by atoms with Gasteiger partial charge >= 0.3 is 0 Å². The fraction of sp³-hybridized carbons (Fsp3) is 0.269. The van der Waals surface area contributed by atoms with Crippen LogP contribution in [0.25, 0.3) is 0 Å². The van der Waals surface area contributed by atoms with Gasteiger partial charge in [-0.15, -0.1) is 0 Å². The second kappa shape index (κ2) is 9.04. The van der Waals surface area contributed by atoms with E-state index in [2.05, 4.69) is 29.6 Å². The molecule has 4 nitrogen and oxygen atoms in total. The van der Waals surface area contributed by atoms with Gasteiger partial charge in [0.2, 0.25) is 0 Å². The predicted octanol–water partition coefficient (Wildman–Crippen LogP) is 5.67. The van der Waals surface area contributed by atoms with Crippen LogP contribution >= 0.6 is 0 Å². The molecule has 0 saturated heterocycles. The molecule has 0 aromatic heterocycles. The molecule has 0 aliphatic carbocycles. The number of amides is 1. The molecular weight excluding hydrogens is 372 g/mol. The first-order chi connectivity index (χ1) is 14.6. The third-order valence-electron chi connectivity index (χ3n) is 5.44. The summed E-state index contributed by atoms with van der Waals surface area (Å²) >= 11 is 0. The first-order valence-electron chi connectivity index (χ1n) is 10.6. The van der Waals surface area contributed by atoms with Crippen LogP contribution in [0.4, 0.5) is 5.69 Å². The van der Waals surface area contributed by atoms with E-state index in [1.807, 2.05) is 73.3 Å². The molecular formula is C26H28N2O2. The van der Waals surface area contributed by atoms with Crippen LogP contribution in [0, 0.1) is 0 Å². The average molecular weight is 401 g/mol. The highest BCUT2D eigenvalue weighted by atomic mass is 16.5. The fourth-order valence-electron chi connectivity index (χ4n) is 3.97. The molecule has 0 bridgehead atoms. The number of fused-ring (bicyclic) bond motifs is 1. The number of ether oxygens (including phenoxy) is 1. The average Bonchev–Trinajstić information content (AvgIpc) is 2.77. The molecule has 4 rings (SSSR count). The lowest BCUT2D eigenvalue weighted by Gasteiger charge is -2.41. The monoisotopic (exact) mass is 400 g/mol. The van der Waals surface area contributed by atoms with E-state index in [1.165, 1.54) is 5.56 Å². The second-order valence-electron chi connectivity index (χ2n) is 7.87. The van der Waals surface area contributed by atoms with Crippen molar-refractivity contribution in [2.45, 2.75) is 38.9 Å². The van der Waals surface area contributed by atoms with Gasteiger partial charge in [-0.25, -0.2) is 0 Å². The van der Waals surface area contributed by atoms with Gasteiger partial charge in [-0.05, 0) is 50.5 Å². The minimum Gasteiger partial charge on any atom is -0.493 e. The summed E-state index contributed by atoms with van der Waals surface area (Å²) in [6.45, 7) is 4.72. The molecule has 1 amide bonds. The van der Waals surface area contributed by atoms with Crippen molar-refractivity contribution in [3.63, 3.8) is 0 Å². The van der Waals surface area contributed by atoms with Crippen LogP contribution in [-0.4, -0.2) is 23.5 Å². The Morgan fingerprint density at radius 1 is 0.933 bits per heavy atom. The Labute approximate surface area is 178 Å². The molecule has 0 saturated carbocycles. The van der Waals surface area contributed by atoms with Gasteiger partial charge in [-0.2, -0.15) is 0 Å². The summed E-state index contributed by atoms with van der Waals surface area (Å²) in [6.07, 6.45) is 1.65. The highest BCUT2D eigenvalue weighted by molar-refractivity contribution is 6.01. The van der Waals surface area contributed by atoms with Gasteiger partial charge in [-0.1, -0.05) is 60.7 Å². The van der Waals surface area contributed by atoms with E-state index in [9.17, 15) is 4.79 Å². The van der Waals surface area contributed by atoms with E-state index < -0.39 is 0 Å². The molecule has 3 aromatic carbocycles. The number of carbonyl (C=O) groups is 1. The number of rotatable bonds is 7. The molecule has 154 valence electrons. The van der Waals surface area contributed by atoms with Crippen LogP contribution in [-0.2, 0) is 6.42 Å². The van der Waals surface area contributed by atoms with Gasteiger partial charge in [0, 0.05) is 17.3 Å². The molecule has 1 aliphatic rings. The topological polar surface area (TPSA) is 41.6 Å². The summed E-state index contributed by atoms with van der Waals surface area (Å²) in [5.41, 5.74) is 3.87. The zero-order valence-electron chi connectivity index (χ0n) is 17.5. The Hall–Kier alpha value is -3.27. The minimum atomic E-state index is -0.266. The molecule has 1 N–H and O–H groups in total. The van der Waals surface area contributed by atoms with Crippen molar-refractivity contribution in [1.82, 2.24) is 4.90 Å². The number of aryl methyl sites for hydroxylation is 1. The van der Waals surface area contributed by atoms with Crippen molar-refractivity contribution in [1.29, 1.82) is 0 Å². The summed E-state index contributed by atoms with van der Waals surface area (Å²) in [4.78, 5) is 15.1. The number of nitrogens with zero attached hydrogens (tertiary/aromatic N) is 1. The number of carbonyl (C=O) groups excluding carboxylic acids is 1. The van der Waals surface area contributed by atoms with E-state index in [0.717, 1.165) is 29.8 Å². The third-order valence-corrected chi connectivity index (χ3v) is 5.44. The highest BCUT2D eigenvalue weighted by Gasteiger charge is 2.35. The van der Waals surface area contributed by atoms with Gasteiger partial charge < -0.3 is 15.0 Å². The van der Waals surface area contributed by atoms with E-state index in [1.54, 1.807) is 0 Å².